The van der Waals surface area contributed by atoms with Gasteiger partial charge in [-0.2, -0.15) is 0 Å². The van der Waals surface area contributed by atoms with Gasteiger partial charge in [-0.25, -0.2) is 4.98 Å². The highest BCUT2D eigenvalue weighted by molar-refractivity contribution is 14.1. The van der Waals surface area contributed by atoms with E-state index in [1.165, 1.54) is 0 Å². The predicted molar refractivity (Wildman–Crippen MR) is 58.4 cm³/mol. The Morgan fingerprint density at radius 2 is 2.38 bits per heavy atom. The third kappa shape index (κ3) is 1.46. The molecule has 0 saturated carbocycles. The number of Topliss-reactive ketones (excluding diaryl/α,β-unsaturated/α-hetero) is 1. The summed E-state index contributed by atoms with van der Waals surface area (Å²) in [5.41, 5.74) is 1.47. The number of aromatic nitrogens is 2. The molecule has 2 heterocycles. The monoisotopic (exact) mass is 286 g/mol. The standard InChI is InChI=1S/C9H7IN2O/c10-5-8(13)7-6-11-9-3-1-2-4-12(7)9/h1-4,6H,5H2. The summed E-state index contributed by atoms with van der Waals surface area (Å²) in [6, 6.07) is 5.67. The number of halogens is 1. The van der Waals surface area contributed by atoms with Crippen LogP contribution in [-0.2, 0) is 0 Å². The topological polar surface area (TPSA) is 34.4 Å². The quantitative estimate of drug-likeness (QED) is 0.480. The molecule has 4 heteroatoms. The van der Waals surface area contributed by atoms with Crippen LogP contribution >= 0.6 is 22.6 Å². The fraction of sp³-hybridized carbons (Fsp3) is 0.111. The summed E-state index contributed by atoms with van der Waals surface area (Å²) in [6.45, 7) is 0. The highest BCUT2D eigenvalue weighted by atomic mass is 127. The number of alkyl halides is 1. The number of rotatable bonds is 2. The number of fused-ring (bicyclic) bond motifs is 1. The molecule has 0 radical (unpaired) electrons. The van der Waals surface area contributed by atoms with Crippen LogP contribution in [0.2, 0.25) is 0 Å². The lowest BCUT2D eigenvalue weighted by Gasteiger charge is -1.96. The van der Waals surface area contributed by atoms with E-state index in [-0.39, 0.29) is 5.78 Å². The van der Waals surface area contributed by atoms with Crippen LogP contribution in [0.25, 0.3) is 5.65 Å². The maximum atomic E-state index is 11.4. The molecule has 0 N–H and O–H groups in total. The lowest BCUT2D eigenvalue weighted by atomic mass is 10.3. The Morgan fingerprint density at radius 1 is 1.54 bits per heavy atom. The van der Waals surface area contributed by atoms with E-state index in [1.807, 2.05) is 24.4 Å². The van der Waals surface area contributed by atoms with Crippen molar-refractivity contribution in [1.29, 1.82) is 0 Å². The first-order valence-corrected chi connectivity index (χ1v) is 5.37. The maximum Gasteiger partial charge on any atom is 0.190 e. The van der Waals surface area contributed by atoms with Gasteiger partial charge in [0.15, 0.2) is 5.78 Å². The summed E-state index contributed by atoms with van der Waals surface area (Å²) in [6.07, 6.45) is 3.47. The van der Waals surface area contributed by atoms with Gasteiger partial charge in [0.05, 0.1) is 10.6 Å². The van der Waals surface area contributed by atoms with Crippen molar-refractivity contribution in [3.63, 3.8) is 0 Å². The van der Waals surface area contributed by atoms with Crippen LogP contribution in [0, 0.1) is 0 Å². The highest BCUT2D eigenvalue weighted by Gasteiger charge is 2.08. The second-order valence-electron chi connectivity index (χ2n) is 2.63. The Bertz CT molecular complexity index is 450. The summed E-state index contributed by atoms with van der Waals surface area (Å²) < 4.78 is 2.29. The summed E-state index contributed by atoms with van der Waals surface area (Å²) in [5.74, 6) is 0.110. The highest BCUT2D eigenvalue weighted by Crippen LogP contribution is 2.07. The van der Waals surface area contributed by atoms with Gasteiger partial charge in [-0.1, -0.05) is 28.7 Å². The van der Waals surface area contributed by atoms with Gasteiger partial charge in [-0.3, -0.25) is 9.20 Å². The van der Waals surface area contributed by atoms with E-state index in [0.717, 1.165) is 5.65 Å². The minimum atomic E-state index is 0.110. The normalized spacial score (nSPS) is 10.5. The molecule has 3 nitrogen and oxygen atoms in total. The number of carbonyl (C=O) groups excluding carboxylic acids is 1. The first-order chi connectivity index (χ1) is 6.33. The molecule has 0 aromatic carbocycles. The van der Waals surface area contributed by atoms with Gasteiger partial charge in [0, 0.05) is 6.20 Å². The molecular formula is C9H7IN2O. The fourth-order valence-electron chi connectivity index (χ4n) is 1.21. The zero-order valence-electron chi connectivity index (χ0n) is 6.77. The summed E-state index contributed by atoms with van der Waals surface area (Å²) in [5, 5.41) is 0. The molecule has 13 heavy (non-hydrogen) atoms. The Balaban J connectivity index is 2.64. The first-order valence-electron chi connectivity index (χ1n) is 3.84. The Labute approximate surface area is 88.9 Å². The van der Waals surface area contributed by atoms with Crippen LogP contribution in [0.4, 0.5) is 0 Å². The zero-order valence-corrected chi connectivity index (χ0v) is 8.93. The molecular weight excluding hydrogens is 279 g/mol. The lowest BCUT2D eigenvalue weighted by molar-refractivity contribution is 0.102. The van der Waals surface area contributed by atoms with Crippen molar-refractivity contribution < 1.29 is 4.79 Å². The van der Waals surface area contributed by atoms with Crippen molar-refractivity contribution in [3.05, 3.63) is 36.3 Å². The molecule has 2 aromatic heterocycles. The Morgan fingerprint density at radius 3 is 3.15 bits per heavy atom. The van der Waals surface area contributed by atoms with E-state index in [4.69, 9.17) is 0 Å². The van der Waals surface area contributed by atoms with Gasteiger partial charge in [-0.15, -0.1) is 0 Å². The molecule has 0 spiro atoms. The van der Waals surface area contributed by atoms with Crippen molar-refractivity contribution in [3.8, 4) is 0 Å². The van der Waals surface area contributed by atoms with Crippen LogP contribution in [-0.4, -0.2) is 19.6 Å². The third-order valence-electron chi connectivity index (χ3n) is 1.82. The van der Waals surface area contributed by atoms with Crippen molar-refractivity contribution in [2.75, 3.05) is 4.43 Å². The van der Waals surface area contributed by atoms with Gasteiger partial charge in [-0.05, 0) is 12.1 Å². The first kappa shape index (κ1) is 8.68. The van der Waals surface area contributed by atoms with Crippen molar-refractivity contribution in [2.24, 2.45) is 0 Å². The van der Waals surface area contributed by atoms with Crippen molar-refractivity contribution >= 4 is 34.0 Å². The third-order valence-corrected chi connectivity index (χ3v) is 2.52. The molecule has 0 amide bonds. The second-order valence-corrected chi connectivity index (χ2v) is 3.39. The average Bonchev–Trinajstić information content (AvgIpc) is 2.60. The van der Waals surface area contributed by atoms with E-state index in [2.05, 4.69) is 27.6 Å². The van der Waals surface area contributed by atoms with Gasteiger partial charge < -0.3 is 0 Å². The van der Waals surface area contributed by atoms with Crippen LogP contribution in [0.3, 0.4) is 0 Å². The molecule has 2 rings (SSSR count). The molecule has 0 fully saturated rings. The SMILES string of the molecule is O=C(CI)c1cnc2ccccn12. The summed E-state index contributed by atoms with van der Waals surface area (Å²) in [4.78, 5) is 15.5. The Kier molecular flexibility index (Phi) is 2.30. The minimum Gasteiger partial charge on any atom is -0.297 e. The summed E-state index contributed by atoms with van der Waals surface area (Å²) >= 11 is 2.06. The van der Waals surface area contributed by atoms with E-state index >= 15 is 0 Å². The van der Waals surface area contributed by atoms with E-state index in [0.29, 0.717) is 10.1 Å². The molecule has 0 aliphatic heterocycles. The largest absolute Gasteiger partial charge is 0.297 e. The van der Waals surface area contributed by atoms with Crippen LogP contribution in [0.5, 0.6) is 0 Å². The van der Waals surface area contributed by atoms with Gasteiger partial charge in [0.1, 0.15) is 11.3 Å². The smallest absolute Gasteiger partial charge is 0.190 e. The number of carbonyl (C=O) groups is 1. The molecule has 0 bridgehead atoms. The number of pyridine rings is 1. The van der Waals surface area contributed by atoms with Crippen LogP contribution in [0.1, 0.15) is 10.5 Å². The second kappa shape index (κ2) is 3.45. The van der Waals surface area contributed by atoms with Crippen LogP contribution in [0.15, 0.2) is 30.6 Å². The molecule has 0 atom stereocenters. The number of hydrogen-bond acceptors (Lipinski definition) is 2. The fourth-order valence-corrected chi connectivity index (χ4v) is 1.60. The zero-order chi connectivity index (χ0) is 9.26. The van der Waals surface area contributed by atoms with E-state index < -0.39 is 0 Å². The van der Waals surface area contributed by atoms with Gasteiger partial charge in [0.25, 0.3) is 0 Å². The van der Waals surface area contributed by atoms with Crippen LogP contribution < -0.4 is 0 Å². The number of imidazole rings is 1. The number of ketones is 1. The Hall–Kier alpha value is -0.910. The van der Waals surface area contributed by atoms with E-state index in [1.54, 1.807) is 10.6 Å². The lowest BCUT2D eigenvalue weighted by Crippen LogP contribution is -2.03. The molecule has 0 saturated heterocycles. The molecule has 0 unspecified atom stereocenters. The molecule has 66 valence electrons. The predicted octanol–water partition coefficient (Wildman–Crippen LogP) is 1.95. The molecule has 0 aliphatic rings. The van der Waals surface area contributed by atoms with Crippen molar-refractivity contribution in [2.45, 2.75) is 0 Å². The molecule has 2 aromatic rings. The number of hydrogen-bond donors (Lipinski definition) is 0. The average molecular weight is 286 g/mol. The van der Waals surface area contributed by atoms with Gasteiger partial charge >= 0.3 is 0 Å². The number of nitrogens with zero attached hydrogens (tertiary/aromatic N) is 2. The van der Waals surface area contributed by atoms with Crippen molar-refractivity contribution in [1.82, 2.24) is 9.38 Å². The maximum absolute atomic E-state index is 11.4. The van der Waals surface area contributed by atoms with Gasteiger partial charge in [0.2, 0.25) is 0 Å². The summed E-state index contributed by atoms with van der Waals surface area (Å²) in [7, 11) is 0. The minimum absolute atomic E-state index is 0.110. The van der Waals surface area contributed by atoms with E-state index in [9.17, 15) is 4.79 Å². The molecule has 0 aliphatic carbocycles.